The molecule has 0 aliphatic carbocycles. The fourth-order valence-electron chi connectivity index (χ4n) is 2.11. The molecular weight excluding hydrogens is 251 g/mol. The van der Waals surface area contributed by atoms with E-state index in [9.17, 15) is 0 Å². The Balaban J connectivity index is 2.11. The summed E-state index contributed by atoms with van der Waals surface area (Å²) in [5.74, 6) is 0. The summed E-state index contributed by atoms with van der Waals surface area (Å²) in [6.45, 7) is 0. The van der Waals surface area contributed by atoms with Gasteiger partial charge in [0.25, 0.3) is 0 Å². The summed E-state index contributed by atoms with van der Waals surface area (Å²) >= 11 is 0. The Labute approximate surface area is 114 Å². The van der Waals surface area contributed by atoms with E-state index in [4.69, 9.17) is 0 Å². The average Bonchev–Trinajstić information content (AvgIpc) is 2.88. The fourth-order valence-corrected chi connectivity index (χ4v) is 4.31. The summed E-state index contributed by atoms with van der Waals surface area (Å²) in [6, 6.07) is 21.4. The van der Waals surface area contributed by atoms with Crippen molar-refractivity contribution in [2.24, 2.45) is 7.05 Å². The summed E-state index contributed by atoms with van der Waals surface area (Å²) in [7, 11) is 1.53. The number of hydrogen-bond donors (Lipinski definition) is 0. The number of hydrogen-bond acceptors (Lipinski definition) is 0. The average molecular weight is 267 g/mol. The zero-order valence-corrected chi connectivity index (χ0v) is 11.7. The van der Waals surface area contributed by atoms with Gasteiger partial charge in [-0.05, 0) is 0 Å². The standard InChI is InChI=1S/C16H16N2P/c1-17-12-13-18(14-17)19(15-8-4-2-5-9-15)16-10-6-3-7-11-16/h2-14H,1H3/q+1. The Hall–Kier alpha value is -1.92. The Morgan fingerprint density at radius 2 is 1.37 bits per heavy atom. The Morgan fingerprint density at radius 3 is 1.79 bits per heavy atom. The van der Waals surface area contributed by atoms with Crippen molar-refractivity contribution < 1.29 is 4.57 Å². The molecule has 0 unspecified atom stereocenters. The van der Waals surface area contributed by atoms with Crippen LogP contribution in [-0.4, -0.2) is 4.34 Å². The van der Waals surface area contributed by atoms with Crippen LogP contribution in [0.3, 0.4) is 0 Å². The van der Waals surface area contributed by atoms with Crippen LogP contribution in [0.4, 0.5) is 0 Å². The number of benzene rings is 2. The van der Waals surface area contributed by atoms with E-state index >= 15 is 0 Å². The molecule has 3 heteroatoms. The summed E-state index contributed by atoms with van der Waals surface area (Å²) in [4.78, 5) is 0. The summed E-state index contributed by atoms with van der Waals surface area (Å²) in [5, 5.41) is 2.72. The molecule has 0 aliphatic heterocycles. The van der Waals surface area contributed by atoms with Crippen molar-refractivity contribution in [1.82, 2.24) is 4.34 Å². The van der Waals surface area contributed by atoms with Crippen LogP contribution in [0, 0.1) is 0 Å². The third kappa shape index (κ3) is 2.59. The number of rotatable bonds is 3. The van der Waals surface area contributed by atoms with Gasteiger partial charge in [0.05, 0.1) is 7.05 Å². The number of imidazole rings is 1. The minimum absolute atomic E-state index is 0.529. The first-order chi connectivity index (χ1) is 9.34. The van der Waals surface area contributed by atoms with Crippen LogP contribution in [0.25, 0.3) is 0 Å². The van der Waals surface area contributed by atoms with E-state index in [1.54, 1.807) is 0 Å². The van der Waals surface area contributed by atoms with E-state index in [0.717, 1.165) is 0 Å². The molecule has 2 nitrogen and oxygen atoms in total. The second-order valence-corrected chi connectivity index (χ2v) is 6.56. The van der Waals surface area contributed by atoms with E-state index in [-0.39, 0.29) is 0 Å². The van der Waals surface area contributed by atoms with Crippen molar-refractivity contribution in [1.29, 1.82) is 0 Å². The first-order valence-electron chi connectivity index (χ1n) is 6.28. The second-order valence-electron chi connectivity index (χ2n) is 4.44. The quantitative estimate of drug-likeness (QED) is 0.508. The largest absolute Gasteiger partial charge is 0.246 e. The zero-order valence-electron chi connectivity index (χ0n) is 10.8. The highest BCUT2D eigenvalue weighted by atomic mass is 31.1. The topological polar surface area (TPSA) is 8.81 Å². The molecule has 94 valence electrons. The van der Waals surface area contributed by atoms with Gasteiger partial charge in [-0.2, -0.15) is 0 Å². The molecule has 19 heavy (non-hydrogen) atoms. The summed E-state index contributed by atoms with van der Waals surface area (Å²) in [6.07, 6.45) is 6.37. The van der Waals surface area contributed by atoms with Crippen LogP contribution in [-0.2, 0) is 7.05 Å². The Morgan fingerprint density at radius 1 is 0.842 bits per heavy atom. The van der Waals surface area contributed by atoms with Crippen molar-refractivity contribution in [2.75, 3.05) is 0 Å². The highest BCUT2D eigenvalue weighted by Gasteiger charge is 2.21. The van der Waals surface area contributed by atoms with Crippen molar-refractivity contribution in [3.63, 3.8) is 0 Å². The monoisotopic (exact) mass is 267 g/mol. The molecule has 0 aliphatic rings. The highest BCUT2D eigenvalue weighted by molar-refractivity contribution is 7.71. The molecule has 0 saturated carbocycles. The van der Waals surface area contributed by atoms with Gasteiger partial charge in [-0.15, -0.1) is 0 Å². The van der Waals surface area contributed by atoms with Gasteiger partial charge in [-0.1, -0.05) is 60.7 Å². The van der Waals surface area contributed by atoms with Gasteiger partial charge in [0.1, 0.15) is 12.4 Å². The smallest absolute Gasteiger partial charge is 0.239 e. The van der Waals surface area contributed by atoms with E-state index in [1.807, 2.05) is 0 Å². The molecule has 3 aromatic rings. The lowest BCUT2D eigenvalue weighted by atomic mass is 10.4. The van der Waals surface area contributed by atoms with Gasteiger partial charge in [0.2, 0.25) is 6.33 Å². The molecule has 3 rings (SSSR count). The third-order valence-electron chi connectivity index (χ3n) is 2.99. The number of aryl methyl sites for hydroxylation is 1. The molecule has 0 bridgehead atoms. The van der Waals surface area contributed by atoms with Crippen LogP contribution >= 0.6 is 8.07 Å². The molecule has 0 N–H and O–H groups in total. The molecule has 1 heterocycles. The molecule has 0 spiro atoms. The Kier molecular flexibility index (Phi) is 3.43. The lowest BCUT2D eigenvalue weighted by molar-refractivity contribution is -0.670. The van der Waals surface area contributed by atoms with Crippen LogP contribution in [0.2, 0.25) is 0 Å². The fraction of sp³-hybridized carbons (Fsp3) is 0.0625. The van der Waals surface area contributed by atoms with Crippen molar-refractivity contribution in [2.45, 2.75) is 0 Å². The molecule has 2 aromatic carbocycles. The van der Waals surface area contributed by atoms with Gasteiger partial charge in [0.15, 0.2) is 8.07 Å². The first kappa shape index (κ1) is 12.1. The first-order valence-corrected chi connectivity index (χ1v) is 7.58. The van der Waals surface area contributed by atoms with Crippen molar-refractivity contribution in [3.05, 3.63) is 79.4 Å². The Bertz CT molecular complexity index is 607. The molecule has 0 amide bonds. The van der Waals surface area contributed by atoms with Gasteiger partial charge < -0.3 is 0 Å². The number of aromatic nitrogens is 2. The summed E-state index contributed by atoms with van der Waals surface area (Å²) in [5.41, 5.74) is 0. The molecule has 0 saturated heterocycles. The van der Waals surface area contributed by atoms with Crippen LogP contribution in [0.15, 0.2) is 79.4 Å². The minimum atomic E-state index is -0.529. The van der Waals surface area contributed by atoms with Crippen molar-refractivity contribution in [3.8, 4) is 0 Å². The minimum Gasteiger partial charge on any atom is -0.239 e. The molecule has 0 fully saturated rings. The van der Waals surface area contributed by atoms with Crippen LogP contribution < -0.4 is 15.2 Å². The zero-order chi connectivity index (χ0) is 13.1. The van der Waals surface area contributed by atoms with Gasteiger partial charge in [-0.3, -0.25) is 0 Å². The van der Waals surface area contributed by atoms with E-state index in [1.165, 1.54) is 10.6 Å². The molecule has 0 atom stereocenters. The second kappa shape index (κ2) is 5.38. The van der Waals surface area contributed by atoms with E-state index in [2.05, 4.69) is 95.3 Å². The van der Waals surface area contributed by atoms with Gasteiger partial charge in [0, 0.05) is 10.6 Å². The number of nitrogens with zero attached hydrogens (tertiary/aromatic N) is 2. The lowest BCUT2D eigenvalue weighted by Crippen LogP contribution is -2.24. The van der Waals surface area contributed by atoms with Crippen LogP contribution in [0.1, 0.15) is 0 Å². The maximum atomic E-state index is 2.31. The maximum Gasteiger partial charge on any atom is 0.246 e. The van der Waals surface area contributed by atoms with Gasteiger partial charge in [-0.25, -0.2) is 8.90 Å². The lowest BCUT2D eigenvalue weighted by Gasteiger charge is -2.13. The van der Waals surface area contributed by atoms with Crippen LogP contribution in [0.5, 0.6) is 0 Å². The molecular formula is C16H16N2P+. The van der Waals surface area contributed by atoms with E-state index in [0.29, 0.717) is 0 Å². The molecule has 1 aromatic heterocycles. The maximum absolute atomic E-state index is 2.31. The third-order valence-corrected chi connectivity index (χ3v) is 5.26. The molecule has 0 radical (unpaired) electrons. The van der Waals surface area contributed by atoms with Crippen molar-refractivity contribution >= 4 is 18.7 Å². The predicted molar refractivity (Wildman–Crippen MR) is 80.1 cm³/mol. The van der Waals surface area contributed by atoms with Gasteiger partial charge >= 0.3 is 0 Å². The summed E-state index contributed by atoms with van der Waals surface area (Å²) < 4.78 is 4.39. The normalized spacial score (nSPS) is 10.8. The van der Waals surface area contributed by atoms with E-state index < -0.39 is 8.07 Å². The SMILES string of the molecule is C[n+]1ccn(P(c2ccccc2)c2ccccc2)c1. The highest BCUT2D eigenvalue weighted by Crippen LogP contribution is 2.34. The predicted octanol–water partition coefficient (Wildman–Crippen LogP) is 2.21.